The largest absolute Gasteiger partial charge is 0.478 e. The third kappa shape index (κ3) is 6.01. The first-order chi connectivity index (χ1) is 9.91. The van der Waals surface area contributed by atoms with Crippen LogP contribution < -0.4 is 10.6 Å². The quantitative estimate of drug-likeness (QED) is 0.675. The van der Waals surface area contributed by atoms with Gasteiger partial charge in [-0.25, -0.2) is 9.59 Å². The third-order valence-electron chi connectivity index (χ3n) is 2.46. The van der Waals surface area contributed by atoms with Gasteiger partial charge in [-0.05, 0) is 18.1 Å². The molecule has 21 heavy (non-hydrogen) atoms. The Hall–Kier alpha value is -1.79. The van der Waals surface area contributed by atoms with Crippen molar-refractivity contribution >= 4 is 29.3 Å². The number of ether oxygens (including phenoxy) is 1. The van der Waals surface area contributed by atoms with Gasteiger partial charge in [-0.3, -0.25) is 0 Å². The number of nitrogens with one attached hydrogen (secondary N) is 2. The number of amides is 2. The molecular formula is C14H19ClN2O4. The van der Waals surface area contributed by atoms with Crippen LogP contribution >= 0.6 is 11.6 Å². The number of carbonyl (C=O) groups excluding carboxylic acids is 1. The van der Waals surface area contributed by atoms with Gasteiger partial charge >= 0.3 is 12.0 Å². The molecule has 0 aliphatic heterocycles. The molecule has 0 unspecified atom stereocenters. The Morgan fingerprint density at radius 1 is 1.38 bits per heavy atom. The molecule has 0 heterocycles. The lowest BCUT2D eigenvalue weighted by atomic mass is 10.2. The molecular weight excluding hydrogens is 296 g/mol. The maximum absolute atomic E-state index is 11.7. The first-order valence-corrected chi connectivity index (χ1v) is 6.94. The number of carboxylic acids is 1. The van der Waals surface area contributed by atoms with Crippen LogP contribution in [0, 0.1) is 5.92 Å². The van der Waals surface area contributed by atoms with E-state index < -0.39 is 12.0 Å². The lowest BCUT2D eigenvalue weighted by molar-refractivity contribution is 0.0698. The summed E-state index contributed by atoms with van der Waals surface area (Å²) in [6.07, 6.45) is 0. The van der Waals surface area contributed by atoms with Crippen LogP contribution in [-0.2, 0) is 4.74 Å². The average Bonchev–Trinajstić information content (AvgIpc) is 2.37. The van der Waals surface area contributed by atoms with Gasteiger partial charge < -0.3 is 20.5 Å². The Kier molecular flexibility index (Phi) is 6.98. The number of anilines is 1. The van der Waals surface area contributed by atoms with Crippen molar-refractivity contribution in [3.05, 3.63) is 28.8 Å². The molecule has 0 aliphatic rings. The smallest absolute Gasteiger partial charge is 0.339 e. The van der Waals surface area contributed by atoms with E-state index in [0.717, 1.165) is 0 Å². The maximum atomic E-state index is 11.7. The number of carboxylic acid groups (broad SMARTS) is 1. The highest BCUT2D eigenvalue weighted by Gasteiger charge is 2.15. The highest BCUT2D eigenvalue weighted by Crippen LogP contribution is 2.24. The number of hydrogen-bond acceptors (Lipinski definition) is 3. The van der Waals surface area contributed by atoms with Crippen LogP contribution in [0.2, 0.25) is 5.02 Å². The zero-order chi connectivity index (χ0) is 15.8. The molecule has 3 N–H and O–H groups in total. The van der Waals surface area contributed by atoms with Crippen molar-refractivity contribution in [2.24, 2.45) is 5.92 Å². The fraction of sp³-hybridized carbons (Fsp3) is 0.429. The molecule has 1 aromatic rings. The number of aromatic carboxylic acids is 1. The van der Waals surface area contributed by atoms with Crippen LogP contribution in [-0.4, -0.2) is 36.9 Å². The Labute approximate surface area is 128 Å². The van der Waals surface area contributed by atoms with Crippen LogP contribution in [0.1, 0.15) is 24.2 Å². The molecule has 0 radical (unpaired) electrons. The molecule has 6 nitrogen and oxygen atoms in total. The summed E-state index contributed by atoms with van der Waals surface area (Å²) in [5.74, 6) is -0.764. The van der Waals surface area contributed by atoms with Crippen LogP contribution in [0.25, 0.3) is 0 Å². The van der Waals surface area contributed by atoms with Gasteiger partial charge in [0.15, 0.2) is 0 Å². The molecule has 2 amide bonds. The molecule has 0 atom stereocenters. The molecule has 1 rings (SSSR count). The Morgan fingerprint density at radius 2 is 2.10 bits per heavy atom. The van der Waals surface area contributed by atoms with E-state index in [4.69, 9.17) is 21.4 Å². The summed E-state index contributed by atoms with van der Waals surface area (Å²) in [7, 11) is 0. The molecule has 0 bridgehead atoms. The molecule has 0 saturated heterocycles. The number of carbonyl (C=O) groups is 2. The van der Waals surface area contributed by atoms with Crippen LogP contribution in [0.15, 0.2) is 18.2 Å². The highest BCUT2D eigenvalue weighted by atomic mass is 35.5. The average molecular weight is 315 g/mol. The minimum absolute atomic E-state index is 0.0700. The van der Waals surface area contributed by atoms with Crippen molar-refractivity contribution in [2.45, 2.75) is 13.8 Å². The molecule has 0 fully saturated rings. The fourth-order valence-electron chi connectivity index (χ4n) is 1.57. The SMILES string of the molecule is CC(C)COCCNC(=O)Nc1cccc(Cl)c1C(=O)O. The molecule has 0 spiro atoms. The van der Waals surface area contributed by atoms with Gasteiger partial charge in [0.05, 0.1) is 17.3 Å². The second-order valence-electron chi connectivity index (χ2n) is 4.82. The zero-order valence-electron chi connectivity index (χ0n) is 12.0. The van der Waals surface area contributed by atoms with Crippen molar-refractivity contribution in [3.63, 3.8) is 0 Å². The number of hydrogen-bond donors (Lipinski definition) is 3. The van der Waals surface area contributed by atoms with E-state index in [9.17, 15) is 9.59 Å². The summed E-state index contributed by atoms with van der Waals surface area (Å²) < 4.78 is 5.32. The van der Waals surface area contributed by atoms with E-state index in [1.54, 1.807) is 6.07 Å². The highest BCUT2D eigenvalue weighted by molar-refractivity contribution is 6.34. The van der Waals surface area contributed by atoms with Crippen LogP contribution in [0.5, 0.6) is 0 Å². The Morgan fingerprint density at radius 3 is 2.71 bits per heavy atom. The summed E-state index contributed by atoms with van der Waals surface area (Å²) >= 11 is 5.81. The normalized spacial score (nSPS) is 10.5. The third-order valence-corrected chi connectivity index (χ3v) is 2.77. The minimum Gasteiger partial charge on any atom is -0.478 e. The maximum Gasteiger partial charge on any atom is 0.339 e. The topological polar surface area (TPSA) is 87.7 Å². The molecule has 116 valence electrons. The molecule has 0 aliphatic carbocycles. The predicted molar refractivity (Wildman–Crippen MR) is 81.1 cm³/mol. The van der Waals surface area contributed by atoms with Gasteiger partial charge in [0.25, 0.3) is 0 Å². The van der Waals surface area contributed by atoms with Crippen molar-refractivity contribution in [2.75, 3.05) is 25.1 Å². The molecule has 7 heteroatoms. The zero-order valence-corrected chi connectivity index (χ0v) is 12.7. The molecule has 0 aromatic heterocycles. The van der Waals surface area contributed by atoms with Crippen LogP contribution in [0.3, 0.4) is 0 Å². The van der Waals surface area contributed by atoms with E-state index in [1.807, 2.05) is 13.8 Å². The summed E-state index contributed by atoms with van der Waals surface area (Å²) in [6.45, 7) is 5.43. The van der Waals surface area contributed by atoms with Gasteiger partial charge in [0.1, 0.15) is 5.56 Å². The van der Waals surface area contributed by atoms with Crippen molar-refractivity contribution in [1.29, 1.82) is 0 Å². The molecule has 0 saturated carbocycles. The fourth-order valence-corrected chi connectivity index (χ4v) is 1.82. The summed E-state index contributed by atoms with van der Waals surface area (Å²) in [4.78, 5) is 22.8. The number of urea groups is 1. The second-order valence-corrected chi connectivity index (χ2v) is 5.22. The second kappa shape index (κ2) is 8.49. The van der Waals surface area contributed by atoms with Crippen molar-refractivity contribution in [3.8, 4) is 0 Å². The number of rotatable bonds is 7. The summed E-state index contributed by atoms with van der Waals surface area (Å²) in [5.41, 5.74) is 0.0148. The molecule has 1 aromatic carbocycles. The van der Waals surface area contributed by atoms with Gasteiger partial charge in [-0.1, -0.05) is 31.5 Å². The van der Waals surface area contributed by atoms with Crippen molar-refractivity contribution in [1.82, 2.24) is 5.32 Å². The Balaban J connectivity index is 2.48. The minimum atomic E-state index is -1.20. The first kappa shape index (κ1) is 17.3. The van der Waals surface area contributed by atoms with Gasteiger partial charge in [-0.15, -0.1) is 0 Å². The standard InChI is InChI=1S/C14H19ClN2O4/c1-9(2)8-21-7-6-16-14(20)17-11-5-3-4-10(15)12(11)13(18)19/h3-5,9H,6-8H2,1-2H3,(H,18,19)(H2,16,17,20). The van der Waals surface area contributed by atoms with Gasteiger partial charge in [0.2, 0.25) is 0 Å². The van der Waals surface area contributed by atoms with Crippen molar-refractivity contribution < 1.29 is 19.4 Å². The number of halogens is 1. The van der Waals surface area contributed by atoms with E-state index in [0.29, 0.717) is 25.7 Å². The number of benzene rings is 1. The lowest BCUT2D eigenvalue weighted by Crippen LogP contribution is -2.32. The van der Waals surface area contributed by atoms with E-state index >= 15 is 0 Å². The van der Waals surface area contributed by atoms with Gasteiger partial charge in [0, 0.05) is 13.2 Å². The summed E-state index contributed by atoms with van der Waals surface area (Å²) in [6, 6.07) is 3.99. The van der Waals surface area contributed by atoms with E-state index in [1.165, 1.54) is 12.1 Å². The summed E-state index contributed by atoms with van der Waals surface area (Å²) in [5, 5.41) is 14.2. The lowest BCUT2D eigenvalue weighted by Gasteiger charge is -2.11. The Bertz CT molecular complexity index is 506. The monoisotopic (exact) mass is 314 g/mol. The van der Waals surface area contributed by atoms with E-state index in [-0.39, 0.29) is 16.3 Å². The predicted octanol–water partition coefficient (Wildman–Crippen LogP) is 2.83. The van der Waals surface area contributed by atoms with E-state index in [2.05, 4.69) is 10.6 Å². The first-order valence-electron chi connectivity index (χ1n) is 6.56. The van der Waals surface area contributed by atoms with Crippen LogP contribution in [0.4, 0.5) is 10.5 Å². The van der Waals surface area contributed by atoms with Gasteiger partial charge in [-0.2, -0.15) is 0 Å².